The van der Waals surface area contributed by atoms with Gasteiger partial charge in [-0.3, -0.25) is 4.79 Å². The number of likely N-dealkylation sites (N-methyl/N-ethyl adjacent to an activating group) is 1. The number of carbonyl (C=O) groups excluding carboxylic acids is 2. The van der Waals surface area contributed by atoms with E-state index in [0.717, 1.165) is 0 Å². The topological polar surface area (TPSA) is 68.7 Å². The van der Waals surface area contributed by atoms with Crippen LogP contribution >= 0.6 is 11.3 Å². The third-order valence-corrected chi connectivity index (χ3v) is 3.84. The monoisotopic (exact) mass is 286 g/mol. The van der Waals surface area contributed by atoms with Gasteiger partial charge in [0, 0.05) is 27.6 Å². The molecule has 0 amide bonds. The number of ether oxygens (including phenoxy) is 2. The zero-order valence-corrected chi connectivity index (χ0v) is 12.5. The van der Waals surface area contributed by atoms with Gasteiger partial charge in [-0.25, -0.2) is 9.78 Å². The summed E-state index contributed by atoms with van der Waals surface area (Å²) in [4.78, 5) is 29.4. The van der Waals surface area contributed by atoms with Gasteiger partial charge in [0.25, 0.3) is 0 Å². The molecule has 106 valence electrons. The molecule has 0 bridgehead atoms. The summed E-state index contributed by atoms with van der Waals surface area (Å²) in [6.45, 7) is 3.95. The number of thiazole rings is 1. The molecule has 0 saturated heterocycles. The van der Waals surface area contributed by atoms with Crippen molar-refractivity contribution in [2.75, 3.05) is 32.7 Å². The molecule has 0 saturated carbocycles. The summed E-state index contributed by atoms with van der Waals surface area (Å²) < 4.78 is 9.80. The summed E-state index contributed by atoms with van der Waals surface area (Å²) in [5, 5.41) is 0.592. The molecule has 7 heteroatoms. The van der Waals surface area contributed by atoms with E-state index in [1.807, 2.05) is 18.9 Å². The van der Waals surface area contributed by atoms with E-state index < -0.39 is 5.97 Å². The van der Waals surface area contributed by atoms with Gasteiger partial charge in [0.15, 0.2) is 16.6 Å². The molecule has 1 aromatic rings. The maximum absolute atomic E-state index is 11.6. The largest absolute Gasteiger partial charge is 0.464 e. The average Bonchev–Trinajstić information content (AvgIpc) is 2.82. The van der Waals surface area contributed by atoms with Crippen LogP contribution < -0.4 is 4.90 Å². The number of hydrogen-bond acceptors (Lipinski definition) is 7. The Balaban J connectivity index is 3.04. The number of esters is 1. The molecule has 0 radical (unpaired) electrons. The zero-order valence-electron chi connectivity index (χ0n) is 11.7. The number of ketones is 1. The van der Waals surface area contributed by atoms with E-state index in [-0.39, 0.29) is 17.6 Å². The van der Waals surface area contributed by atoms with Gasteiger partial charge >= 0.3 is 5.97 Å². The number of hydrogen-bond donors (Lipinski definition) is 0. The maximum Gasteiger partial charge on any atom is 0.358 e. The van der Waals surface area contributed by atoms with Crippen molar-refractivity contribution < 1.29 is 19.1 Å². The highest BCUT2D eigenvalue weighted by atomic mass is 32.1. The van der Waals surface area contributed by atoms with Gasteiger partial charge in [0.2, 0.25) is 0 Å². The molecule has 1 rings (SSSR count). The molecule has 1 unspecified atom stereocenters. The summed E-state index contributed by atoms with van der Waals surface area (Å²) in [5.41, 5.74) is 0.0759. The third kappa shape index (κ3) is 3.74. The van der Waals surface area contributed by atoms with E-state index in [0.29, 0.717) is 16.6 Å². The molecule has 0 aliphatic rings. The molecule has 19 heavy (non-hydrogen) atoms. The first-order valence-electron chi connectivity index (χ1n) is 5.74. The molecule has 1 heterocycles. The number of Topliss-reactive ketones (excluding diaryl/α,β-unsaturated/α-hetero) is 1. The van der Waals surface area contributed by atoms with Crippen LogP contribution in [0.1, 0.15) is 34.0 Å². The average molecular weight is 286 g/mol. The quantitative estimate of drug-likeness (QED) is 0.584. The summed E-state index contributed by atoms with van der Waals surface area (Å²) in [6, 6.07) is 0. The van der Waals surface area contributed by atoms with E-state index in [9.17, 15) is 9.59 Å². The normalized spacial score (nSPS) is 12.1. The second kappa shape index (κ2) is 6.63. The Bertz CT molecular complexity index is 472. The van der Waals surface area contributed by atoms with Crippen molar-refractivity contribution in [1.29, 1.82) is 0 Å². The number of carbonyl (C=O) groups is 2. The Morgan fingerprint density at radius 1 is 1.42 bits per heavy atom. The fourth-order valence-electron chi connectivity index (χ4n) is 1.48. The van der Waals surface area contributed by atoms with E-state index >= 15 is 0 Å². The maximum atomic E-state index is 11.6. The van der Waals surface area contributed by atoms with E-state index in [1.165, 1.54) is 25.4 Å². The Morgan fingerprint density at radius 3 is 2.53 bits per heavy atom. The highest BCUT2D eigenvalue weighted by Gasteiger charge is 2.23. The van der Waals surface area contributed by atoms with Gasteiger partial charge in [-0.2, -0.15) is 0 Å². The van der Waals surface area contributed by atoms with Crippen LogP contribution in [-0.2, 0) is 9.47 Å². The Labute approximate surface area is 116 Å². The molecular formula is C12H18N2O4S. The number of rotatable bonds is 6. The molecule has 1 aromatic heterocycles. The summed E-state index contributed by atoms with van der Waals surface area (Å²) in [6.07, 6.45) is 0.0243. The lowest BCUT2D eigenvalue weighted by Crippen LogP contribution is -2.28. The van der Waals surface area contributed by atoms with Crippen LogP contribution in [-0.4, -0.2) is 50.7 Å². The Kier molecular flexibility index (Phi) is 5.44. The minimum Gasteiger partial charge on any atom is -0.464 e. The van der Waals surface area contributed by atoms with Gasteiger partial charge in [0.05, 0.1) is 13.2 Å². The lowest BCUT2D eigenvalue weighted by molar-refractivity contribution is 0.0591. The first-order chi connectivity index (χ1) is 8.90. The molecule has 0 fully saturated rings. The SMILES string of the molecule is COC(=O)c1nc(N(C)CC(C)OC)sc1C(C)=O. The van der Waals surface area contributed by atoms with Crippen LogP contribution in [0, 0.1) is 0 Å². The summed E-state index contributed by atoms with van der Waals surface area (Å²) >= 11 is 1.18. The van der Waals surface area contributed by atoms with Crippen molar-refractivity contribution >= 4 is 28.2 Å². The first kappa shape index (κ1) is 15.6. The smallest absolute Gasteiger partial charge is 0.358 e. The van der Waals surface area contributed by atoms with Crippen LogP contribution in [0.15, 0.2) is 0 Å². The first-order valence-corrected chi connectivity index (χ1v) is 6.56. The summed E-state index contributed by atoms with van der Waals surface area (Å²) in [5.74, 6) is -0.793. The van der Waals surface area contributed by atoms with Crippen LogP contribution in [0.25, 0.3) is 0 Å². The van der Waals surface area contributed by atoms with Crippen LogP contribution in [0.3, 0.4) is 0 Å². The molecule has 0 spiro atoms. The van der Waals surface area contributed by atoms with Gasteiger partial charge in [-0.1, -0.05) is 11.3 Å². The number of methoxy groups -OCH3 is 2. The van der Waals surface area contributed by atoms with Gasteiger partial charge in [-0.05, 0) is 6.92 Å². The highest BCUT2D eigenvalue weighted by molar-refractivity contribution is 7.17. The molecular weight excluding hydrogens is 268 g/mol. The molecule has 0 N–H and O–H groups in total. The lowest BCUT2D eigenvalue weighted by Gasteiger charge is -2.19. The molecule has 0 aromatic carbocycles. The van der Waals surface area contributed by atoms with E-state index in [1.54, 1.807) is 7.11 Å². The highest BCUT2D eigenvalue weighted by Crippen LogP contribution is 2.27. The minimum absolute atomic E-state index is 0.0243. The van der Waals surface area contributed by atoms with Crippen molar-refractivity contribution in [2.45, 2.75) is 20.0 Å². The van der Waals surface area contributed by atoms with Crippen LogP contribution in [0.5, 0.6) is 0 Å². The number of aromatic nitrogens is 1. The predicted octanol–water partition coefficient (Wildman–Crippen LogP) is 1.60. The Morgan fingerprint density at radius 2 is 2.05 bits per heavy atom. The molecule has 0 aliphatic carbocycles. The fraction of sp³-hybridized carbons (Fsp3) is 0.583. The van der Waals surface area contributed by atoms with Gasteiger partial charge < -0.3 is 14.4 Å². The Hall–Kier alpha value is -1.47. The zero-order chi connectivity index (χ0) is 14.6. The van der Waals surface area contributed by atoms with Crippen molar-refractivity contribution in [3.05, 3.63) is 10.6 Å². The number of nitrogens with zero attached hydrogens (tertiary/aromatic N) is 2. The van der Waals surface area contributed by atoms with E-state index in [2.05, 4.69) is 9.72 Å². The fourth-order valence-corrected chi connectivity index (χ4v) is 2.40. The van der Waals surface area contributed by atoms with Crippen molar-refractivity contribution in [3.8, 4) is 0 Å². The second-order valence-electron chi connectivity index (χ2n) is 4.15. The molecule has 0 aliphatic heterocycles. The molecule has 6 nitrogen and oxygen atoms in total. The van der Waals surface area contributed by atoms with Gasteiger partial charge in [-0.15, -0.1) is 0 Å². The van der Waals surface area contributed by atoms with Crippen molar-refractivity contribution in [3.63, 3.8) is 0 Å². The van der Waals surface area contributed by atoms with Crippen molar-refractivity contribution in [2.24, 2.45) is 0 Å². The van der Waals surface area contributed by atoms with Crippen LogP contribution in [0.2, 0.25) is 0 Å². The van der Waals surface area contributed by atoms with Gasteiger partial charge in [0.1, 0.15) is 4.88 Å². The van der Waals surface area contributed by atoms with E-state index in [4.69, 9.17) is 4.74 Å². The summed E-state index contributed by atoms with van der Waals surface area (Å²) in [7, 11) is 4.72. The minimum atomic E-state index is -0.596. The van der Waals surface area contributed by atoms with Crippen molar-refractivity contribution in [1.82, 2.24) is 4.98 Å². The molecule has 1 atom stereocenters. The number of anilines is 1. The lowest BCUT2D eigenvalue weighted by atomic mass is 10.3. The second-order valence-corrected chi connectivity index (χ2v) is 5.13. The van der Waals surface area contributed by atoms with Crippen LogP contribution in [0.4, 0.5) is 5.13 Å². The predicted molar refractivity (Wildman–Crippen MR) is 73.2 cm³/mol. The third-order valence-electron chi connectivity index (χ3n) is 2.57. The standard InChI is InChI=1S/C12H18N2O4S/c1-7(17-4)6-14(3)12-13-9(11(16)18-5)10(19-12)8(2)15/h7H,6H2,1-5H3.